The number of ether oxygens (including phenoxy) is 1. The molecule has 29 heavy (non-hydrogen) atoms. The van der Waals surface area contributed by atoms with E-state index in [1.807, 2.05) is 45.9 Å². The van der Waals surface area contributed by atoms with Crippen LogP contribution in [0.5, 0.6) is 0 Å². The highest BCUT2D eigenvalue weighted by molar-refractivity contribution is 8.01. The highest BCUT2D eigenvalue weighted by Gasteiger charge is 2.57. The van der Waals surface area contributed by atoms with Gasteiger partial charge in [0.05, 0.1) is 6.61 Å². The summed E-state index contributed by atoms with van der Waals surface area (Å²) in [5.41, 5.74) is 1.60. The van der Waals surface area contributed by atoms with Crippen LogP contribution in [0, 0.1) is 5.92 Å². The van der Waals surface area contributed by atoms with E-state index < -0.39 is 16.8 Å². The molecule has 0 saturated carbocycles. The van der Waals surface area contributed by atoms with Crippen molar-refractivity contribution >= 4 is 29.5 Å². The number of nitrogens with one attached hydrogen (secondary N) is 2. The summed E-state index contributed by atoms with van der Waals surface area (Å²) >= 11 is 1.61. The fourth-order valence-electron chi connectivity index (χ4n) is 3.96. The van der Waals surface area contributed by atoms with Crippen molar-refractivity contribution in [2.75, 3.05) is 20.3 Å². The number of fused-ring (bicyclic) bond motifs is 3. The Hall–Kier alpha value is -2.06. The fraction of sp³-hybridized carbons (Fsp3) is 0.571. The van der Waals surface area contributed by atoms with Gasteiger partial charge in [-0.05, 0) is 31.4 Å². The molecule has 7 nitrogen and oxygen atoms in total. The van der Waals surface area contributed by atoms with Crippen LogP contribution in [-0.2, 0) is 14.3 Å². The Bertz CT molecular complexity index is 811. The molecule has 0 spiro atoms. The third kappa shape index (κ3) is 4.00. The summed E-state index contributed by atoms with van der Waals surface area (Å²) in [6.07, 6.45) is 0. The van der Waals surface area contributed by atoms with Crippen molar-refractivity contribution in [3.8, 4) is 0 Å². The zero-order chi connectivity index (χ0) is 21.3. The van der Waals surface area contributed by atoms with Crippen LogP contribution in [0.1, 0.15) is 49.0 Å². The van der Waals surface area contributed by atoms with Gasteiger partial charge in [-0.3, -0.25) is 14.4 Å². The first-order chi connectivity index (χ1) is 13.7. The van der Waals surface area contributed by atoms with E-state index >= 15 is 0 Å². The van der Waals surface area contributed by atoms with Crippen molar-refractivity contribution in [1.82, 2.24) is 15.5 Å². The Balaban J connectivity index is 1.80. The zero-order valence-electron chi connectivity index (χ0n) is 17.5. The highest BCUT2D eigenvalue weighted by Crippen LogP contribution is 2.56. The number of hydrogen-bond donors (Lipinski definition) is 2. The quantitative estimate of drug-likeness (QED) is 0.660. The molecule has 0 bridgehead atoms. The Morgan fingerprint density at radius 3 is 2.62 bits per heavy atom. The second-order valence-corrected chi connectivity index (χ2v) is 10.0. The maximum absolute atomic E-state index is 13.3. The summed E-state index contributed by atoms with van der Waals surface area (Å²) in [4.78, 5) is 40.6. The molecule has 158 valence electrons. The fourth-order valence-corrected chi connectivity index (χ4v) is 5.55. The predicted octanol–water partition coefficient (Wildman–Crippen LogP) is 1.94. The van der Waals surface area contributed by atoms with Gasteiger partial charge in [0.1, 0.15) is 17.5 Å². The molecule has 1 saturated heterocycles. The van der Waals surface area contributed by atoms with Crippen LogP contribution in [0.4, 0.5) is 0 Å². The van der Waals surface area contributed by atoms with E-state index in [1.165, 1.54) is 0 Å². The van der Waals surface area contributed by atoms with E-state index in [1.54, 1.807) is 29.8 Å². The van der Waals surface area contributed by atoms with Gasteiger partial charge in [-0.2, -0.15) is 0 Å². The number of amides is 3. The third-order valence-corrected chi connectivity index (χ3v) is 6.93. The summed E-state index contributed by atoms with van der Waals surface area (Å²) in [5.74, 6) is -0.774. The molecule has 2 heterocycles. The summed E-state index contributed by atoms with van der Waals surface area (Å²) in [6.45, 7) is 8.49. The topological polar surface area (TPSA) is 87.7 Å². The van der Waals surface area contributed by atoms with Gasteiger partial charge in [-0.25, -0.2) is 0 Å². The van der Waals surface area contributed by atoms with Crippen molar-refractivity contribution in [2.24, 2.45) is 5.92 Å². The molecule has 2 N–H and O–H groups in total. The van der Waals surface area contributed by atoms with Crippen LogP contribution < -0.4 is 10.6 Å². The summed E-state index contributed by atoms with van der Waals surface area (Å²) in [5, 5.41) is 5.51. The van der Waals surface area contributed by atoms with Crippen LogP contribution in [-0.4, -0.2) is 59.7 Å². The second-order valence-electron chi connectivity index (χ2n) is 8.29. The smallest absolute Gasteiger partial charge is 0.256 e. The number of thioether (sulfide) groups is 1. The van der Waals surface area contributed by atoms with Crippen molar-refractivity contribution in [2.45, 2.75) is 49.9 Å². The average molecular weight is 420 g/mol. The molecule has 3 amide bonds. The lowest BCUT2D eigenvalue weighted by Crippen LogP contribution is -2.58. The van der Waals surface area contributed by atoms with E-state index in [0.717, 1.165) is 5.56 Å². The molecule has 1 aromatic rings. The minimum absolute atomic E-state index is 0.0964. The lowest BCUT2D eigenvalue weighted by molar-refractivity contribution is -0.132. The van der Waals surface area contributed by atoms with E-state index in [2.05, 4.69) is 10.6 Å². The number of hydrogen-bond acceptors (Lipinski definition) is 5. The largest absolute Gasteiger partial charge is 0.383 e. The number of rotatable bonds is 7. The molecule has 3 unspecified atom stereocenters. The maximum Gasteiger partial charge on any atom is 0.256 e. The van der Waals surface area contributed by atoms with Crippen LogP contribution in [0.25, 0.3) is 0 Å². The monoisotopic (exact) mass is 419 g/mol. The van der Waals surface area contributed by atoms with Gasteiger partial charge in [0.25, 0.3) is 5.91 Å². The van der Waals surface area contributed by atoms with Crippen LogP contribution >= 0.6 is 11.8 Å². The lowest BCUT2D eigenvalue weighted by Gasteiger charge is -2.32. The first-order valence-corrected chi connectivity index (χ1v) is 10.7. The Morgan fingerprint density at radius 1 is 1.28 bits per heavy atom. The molecular weight excluding hydrogens is 390 g/mol. The van der Waals surface area contributed by atoms with Crippen molar-refractivity contribution in [1.29, 1.82) is 0 Å². The second kappa shape index (κ2) is 8.36. The summed E-state index contributed by atoms with van der Waals surface area (Å²) in [7, 11) is 1.56. The lowest BCUT2D eigenvalue weighted by atomic mass is 9.98. The summed E-state index contributed by atoms with van der Waals surface area (Å²) in [6, 6.07) is 6.16. The van der Waals surface area contributed by atoms with Crippen molar-refractivity contribution in [3.63, 3.8) is 0 Å². The molecule has 1 aromatic carbocycles. The van der Waals surface area contributed by atoms with Gasteiger partial charge < -0.3 is 20.3 Å². The average Bonchev–Trinajstić information content (AvgIpc) is 3.09. The van der Waals surface area contributed by atoms with Gasteiger partial charge >= 0.3 is 0 Å². The molecular formula is C21H29N3O4S. The SMILES string of the molecule is COCCNC(=O)C(NC(=O)C1N2C(=O)c3ccccc3C2SC1(C)C)C(C)C. The first kappa shape index (κ1) is 21.6. The number of benzene rings is 1. The summed E-state index contributed by atoms with van der Waals surface area (Å²) < 4.78 is 4.48. The minimum Gasteiger partial charge on any atom is -0.383 e. The van der Waals surface area contributed by atoms with E-state index in [-0.39, 0.29) is 29.0 Å². The van der Waals surface area contributed by atoms with E-state index in [9.17, 15) is 14.4 Å². The van der Waals surface area contributed by atoms with Crippen LogP contribution in [0.3, 0.4) is 0 Å². The molecule has 0 aliphatic carbocycles. The molecule has 1 fully saturated rings. The number of carbonyl (C=O) groups excluding carboxylic acids is 3. The number of carbonyl (C=O) groups is 3. The zero-order valence-corrected chi connectivity index (χ0v) is 18.3. The van der Waals surface area contributed by atoms with E-state index in [0.29, 0.717) is 18.7 Å². The molecule has 3 rings (SSSR count). The van der Waals surface area contributed by atoms with Crippen molar-refractivity contribution < 1.29 is 19.1 Å². The van der Waals surface area contributed by atoms with Gasteiger partial charge in [0.2, 0.25) is 11.8 Å². The predicted molar refractivity (Wildman–Crippen MR) is 112 cm³/mol. The van der Waals surface area contributed by atoms with Gasteiger partial charge in [0, 0.05) is 24.0 Å². The highest BCUT2D eigenvalue weighted by atomic mass is 32.2. The van der Waals surface area contributed by atoms with Gasteiger partial charge in [-0.1, -0.05) is 32.0 Å². The molecule has 2 aliphatic rings. The van der Waals surface area contributed by atoms with Crippen molar-refractivity contribution in [3.05, 3.63) is 35.4 Å². The van der Waals surface area contributed by atoms with E-state index in [4.69, 9.17) is 4.74 Å². The van der Waals surface area contributed by atoms with Gasteiger partial charge in [-0.15, -0.1) is 11.8 Å². The normalized spacial score (nSPS) is 23.0. The molecule has 3 atom stereocenters. The van der Waals surface area contributed by atoms with Gasteiger partial charge in [0.15, 0.2) is 0 Å². The standard InChI is InChI=1S/C21H29N3O4S/c1-12(2)15(17(25)22-10-11-28-5)23-18(26)16-21(3,4)29-20-14-9-7-6-8-13(14)19(27)24(16)20/h6-9,12,15-16,20H,10-11H2,1-5H3,(H,22,25)(H,23,26). The number of nitrogens with zero attached hydrogens (tertiary/aromatic N) is 1. The molecule has 0 aromatic heterocycles. The minimum atomic E-state index is -0.681. The van der Waals surface area contributed by atoms with Crippen LogP contribution in [0.2, 0.25) is 0 Å². The Morgan fingerprint density at radius 2 is 1.97 bits per heavy atom. The number of methoxy groups -OCH3 is 1. The van der Waals surface area contributed by atoms with Crippen LogP contribution in [0.15, 0.2) is 24.3 Å². The molecule has 0 radical (unpaired) electrons. The molecule has 8 heteroatoms. The molecule has 2 aliphatic heterocycles. The maximum atomic E-state index is 13.3. The Labute approximate surface area is 175 Å². The Kier molecular flexibility index (Phi) is 6.24. The third-order valence-electron chi connectivity index (χ3n) is 5.40. The first-order valence-electron chi connectivity index (χ1n) is 9.85.